The van der Waals surface area contributed by atoms with Crippen LogP contribution in [0.2, 0.25) is 5.02 Å². The molecule has 3 N–H and O–H groups in total. The van der Waals surface area contributed by atoms with Gasteiger partial charge in [0.1, 0.15) is 11.9 Å². The first-order valence-corrected chi connectivity index (χ1v) is 12.2. The number of carbonyl (C=O) groups excluding carboxylic acids is 1. The maximum Gasteiger partial charge on any atom is 0.251 e. The molecule has 1 heterocycles. The van der Waals surface area contributed by atoms with Gasteiger partial charge in [-0.3, -0.25) is 4.79 Å². The molecule has 1 aromatic carbocycles. The van der Waals surface area contributed by atoms with Gasteiger partial charge in [-0.05, 0) is 69.2 Å². The van der Waals surface area contributed by atoms with E-state index in [1.165, 1.54) is 5.57 Å². The molecule has 0 radical (unpaired) electrons. The fraction of sp³-hybridized carbons (Fsp3) is 0.462. The van der Waals surface area contributed by atoms with Crippen LogP contribution in [-0.2, 0) is 0 Å². The van der Waals surface area contributed by atoms with Gasteiger partial charge in [-0.2, -0.15) is 0 Å². The number of benzene rings is 1. The van der Waals surface area contributed by atoms with Crippen LogP contribution in [0.15, 0.2) is 58.9 Å². The summed E-state index contributed by atoms with van der Waals surface area (Å²) in [4.78, 5) is 19.8. The summed E-state index contributed by atoms with van der Waals surface area (Å²) < 4.78 is 0. The molecule has 0 aromatic heterocycles. The quantitative estimate of drug-likeness (QED) is 0.618. The van der Waals surface area contributed by atoms with Crippen LogP contribution in [0, 0.1) is 6.92 Å². The van der Waals surface area contributed by atoms with Gasteiger partial charge < -0.3 is 20.9 Å². The maximum absolute atomic E-state index is 12.8. The fourth-order valence-electron chi connectivity index (χ4n) is 4.80. The predicted octanol–water partition coefficient (Wildman–Crippen LogP) is 4.29. The number of nitrogens with zero attached hydrogens (tertiary/aromatic N) is 2. The van der Waals surface area contributed by atoms with Crippen LogP contribution in [0.3, 0.4) is 0 Å². The number of nitrogens with one attached hydrogen (secondary N) is 3. The van der Waals surface area contributed by atoms with Crippen LogP contribution >= 0.6 is 11.6 Å². The van der Waals surface area contributed by atoms with E-state index in [-0.39, 0.29) is 18.0 Å². The number of carbonyl (C=O) groups is 1. The summed E-state index contributed by atoms with van der Waals surface area (Å²) in [5, 5.41) is 11.1. The molecule has 1 aromatic rings. The Morgan fingerprint density at radius 2 is 1.85 bits per heavy atom. The number of hydrogen-bond acceptors (Lipinski definition) is 5. The number of aryl methyl sites for hydroxylation is 1. The Hall–Kier alpha value is -2.73. The highest BCUT2D eigenvalue weighted by atomic mass is 35.5. The zero-order chi connectivity index (χ0) is 23.4. The van der Waals surface area contributed by atoms with Crippen molar-refractivity contribution in [3.8, 4) is 0 Å². The van der Waals surface area contributed by atoms with E-state index in [1.807, 2.05) is 19.1 Å². The fourth-order valence-corrected chi connectivity index (χ4v) is 5.03. The molecule has 1 fully saturated rings. The lowest BCUT2D eigenvalue weighted by atomic mass is 9.93. The molecule has 7 heteroatoms. The Kier molecular flexibility index (Phi) is 7.43. The highest BCUT2D eigenvalue weighted by molar-refractivity contribution is 6.30. The van der Waals surface area contributed by atoms with Crippen molar-refractivity contribution in [3.05, 3.63) is 70.0 Å². The van der Waals surface area contributed by atoms with E-state index in [2.05, 4.69) is 59.2 Å². The predicted molar refractivity (Wildman–Crippen MR) is 135 cm³/mol. The minimum atomic E-state index is -0.00133. The first kappa shape index (κ1) is 23.4. The van der Waals surface area contributed by atoms with Crippen LogP contribution in [0.4, 0.5) is 0 Å². The molecule has 1 amide bonds. The van der Waals surface area contributed by atoms with Crippen molar-refractivity contribution in [2.45, 2.75) is 63.6 Å². The average molecular weight is 468 g/mol. The molecule has 3 aliphatic rings. The van der Waals surface area contributed by atoms with Crippen molar-refractivity contribution in [2.24, 2.45) is 4.99 Å². The molecular weight excluding hydrogens is 434 g/mol. The number of fused-ring (bicyclic) bond motifs is 1. The van der Waals surface area contributed by atoms with Gasteiger partial charge in [0, 0.05) is 42.3 Å². The first-order chi connectivity index (χ1) is 15.9. The highest BCUT2D eigenvalue weighted by Crippen LogP contribution is 2.24. The summed E-state index contributed by atoms with van der Waals surface area (Å²) in [5.41, 5.74) is 2.81. The number of allylic oxidation sites excluding steroid dienone is 2. The number of rotatable bonds is 4. The molecule has 0 bridgehead atoms. The van der Waals surface area contributed by atoms with Crippen LogP contribution < -0.4 is 16.0 Å². The number of guanidine groups is 1. The molecule has 6 nitrogen and oxygen atoms in total. The van der Waals surface area contributed by atoms with Crippen molar-refractivity contribution in [1.82, 2.24) is 20.9 Å². The Labute approximate surface area is 201 Å². The SMILES string of the molecule is Cc1cc(Cl)ccc1C(=O)NC1CCCC(NC2=NC3C=CC=CC3=C(N(C)C)N2)CCC1. The molecular formula is C26H34ClN5O. The summed E-state index contributed by atoms with van der Waals surface area (Å²) >= 11 is 6.03. The molecule has 4 rings (SSSR count). The minimum absolute atomic E-state index is 0.00133. The third-order valence-electron chi connectivity index (χ3n) is 6.54. The Morgan fingerprint density at radius 1 is 1.12 bits per heavy atom. The van der Waals surface area contributed by atoms with Gasteiger partial charge >= 0.3 is 0 Å². The summed E-state index contributed by atoms with van der Waals surface area (Å²) in [6.45, 7) is 1.93. The molecule has 33 heavy (non-hydrogen) atoms. The van der Waals surface area contributed by atoms with E-state index < -0.39 is 0 Å². The normalized spacial score (nSPS) is 24.7. The molecule has 1 atom stereocenters. The van der Waals surface area contributed by atoms with Gasteiger partial charge in [0.05, 0.1) is 0 Å². The van der Waals surface area contributed by atoms with E-state index in [4.69, 9.17) is 16.6 Å². The number of aliphatic imine (C=N–C) groups is 1. The number of amides is 1. The van der Waals surface area contributed by atoms with Crippen molar-refractivity contribution >= 4 is 23.5 Å². The molecule has 1 aliphatic heterocycles. The molecule has 176 valence electrons. The number of halogens is 1. The van der Waals surface area contributed by atoms with Crippen LogP contribution in [0.25, 0.3) is 0 Å². The summed E-state index contributed by atoms with van der Waals surface area (Å²) in [7, 11) is 4.11. The van der Waals surface area contributed by atoms with Gasteiger partial charge in [0.15, 0.2) is 5.96 Å². The molecule has 0 spiro atoms. The smallest absolute Gasteiger partial charge is 0.251 e. The van der Waals surface area contributed by atoms with Crippen LogP contribution in [-0.4, -0.2) is 49.0 Å². The highest BCUT2D eigenvalue weighted by Gasteiger charge is 2.26. The minimum Gasteiger partial charge on any atom is -0.364 e. The Balaban J connectivity index is 1.31. The summed E-state index contributed by atoms with van der Waals surface area (Å²) in [5.74, 6) is 1.93. The van der Waals surface area contributed by atoms with E-state index in [1.54, 1.807) is 6.07 Å². The van der Waals surface area contributed by atoms with E-state index in [9.17, 15) is 4.79 Å². The molecule has 1 unspecified atom stereocenters. The second kappa shape index (κ2) is 10.5. The standard InChI is InChI=1S/C26H34ClN5O/c1-17-16-18(27)14-15-21(17)25(33)28-19-8-6-10-20(11-7-9-19)29-26-30-23-13-5-4-12-22(23)24(31-26)32(2)3/h4-5,12-16,19-20,23H,6-11H2,1-3H3,(H,28,33)(H2,29,30,31). The second-order valence-electron chi connectivity index (χ2n) is 9.32. The van der Waals surface area contributed by atoms with Crippen molar-refractivity contribution in [2.75, 3.05) is 14.1 Å². The van der Waals surface area contributed by atoms with Crippen molar-refractivity contribution < 1.29 is 4.79 Å². The third-order valence-corrected chi connectivity index (χ3v) is 6.78. The van der Waals surface area contributed by atoms with E-state index in [0.717, 1.165) is 55.9 Å². The first-order valence-electron chi connectivity index (χ1n) is 11.9. The van der Waals surface area contributed by atoms with E-state index in [0.29, 0.717) is 16.6 Å². The summed E-state index contributed by atoms with van der Waals surface area (Å²) in [6.07, 6.45) is 14.6. The van der Waals surface area contributed by atoms with Gasteiger partial charge in [0.2, 0.25) is 0 Å². The molecule has 0 saturated heterocycles. The average Bonchev–Trinajstić information content (AvgIpc) is 2.76. The monoisotopic (exact) mass is 467 g/mol. The van der Waals surface area contributed by atoms with Crippen molar-refractivity contribution in [1.29, 1.82) is 0 Å². The lowest BCUT2D eigenvalue weighted by Gasteiger charge is -2.33. The summed E-state index contributed by atoms with van der Waals surface area (Å²) in [6, 6.07) is 6.07. The van der Waals surface area contributed by atoms with Crippen LogP contribution in [0.1, 0.15) is 54.4 Å². The van der Waals surface area contributed by atoms with Gasteiger partial charge in [-0.1, -0.05) is 35.9 Å². The lowest BCUT2D eigenvalue weighted by molar-refractivity contribution is 0.0929. The zero-order valence-electron chi connectivity index (χ0n) is 19.7. The third kappa shape index (κ3) is 5.80. The zero-order valence-corrected chi connectivity index (χ0v) is 20.5. The molecule has 2 aliphatic carbocycles. The Morgan fingerprint density at radius 3 is 2.55 bits per heavy atom. The number of hydrogen-bond donors (Lipinski definition) is 3. The van der Waals surface area contributed by atoms with Gasteiger partial charge in [0.25, 0.3) is 5.91 Å². The van der Waals surface area contributed by atoms with Crippen molar-refractivity contribution in [3.63, 3.8) is 0 Å². The van der Waals surface area contributed by atoms with Gasteiger partial charge in [-0.25, -0.2) is 4.99 Å². The molecule has 1 saturated carbocycles. The lowest BCUT2D eigenvalue weighted by Crippen LogP contribution is -2.49. The topological polar surface area (TPSA) is 68.8 Å². The van der Waals surface area contributed by atoms with E-state index >= 15 is 0 Å². The van der Waals surface area contributed by atoms with Crippen LogP contribution in [0.5, 0.6) is 0 Å². The largest absolute Gasteiger partial charge is 0.364 e. The Bertz CT molecular complexity index is 1000. The second-order valence-corrected chi connectivity index (χ2v) is 9.76. The van der Waals surface area contributed by atoms with Gasteiger partial charge in [-0.15, -0.1) is 0 Å². The maximum atomic E-state index is 12.8.